The summed E-state index contributed by atoms with van der Waals surface area (Å²) in [5.41, 5.74) is 2.29. The van der Waals surface area contributed by atoms with Crippen LogP contribution in [0.25, 0.3) is 10.2 Å². The molecule has 3 aromatic rings. The van der Waals surface area contributed by atoms with E-state index >= 15 is 0 Å². The fourth-order valence-corrected chi connectivity index (χ4v) is 3.96. The topological polar surface area (TPSA) is 63.5 Å². The van der Waals surface area contributed by atoms with E-state index in [0.29, 0.717) is 30.5 Å². The van der Waals surface area contributed by atoms with Crippen molar-refractivity contribution in [1.82, 2.24) is 19.7 Å². The number of benzene rings is 1. The Bertz CT molecular complexity index is 963. The maximum absolute atomic E-state index is 13.4. The highest BCUT2D eigenvalue weighted by atomic mass is 32.1. The van der Waals surface area contributed by atoms with E-state index in [2.05, 4.69) is 10.00 Å². The van der Waals surface area contributed by atoms with Gasteiger partial charge in [0.2, 0.25) is 0 Å². The van der Waals surface area contributed by atoms with Gasteiger partial charge in [-0.3, -0.25) is 14.4 Å². The summed E-state index contributed by atoms with van der Waals surface area (Å²) in [6, 6.07) is 7.68. The van der Waals surface area contributed by atoms with Crippen LogP contribution in [0.15, 0.2) is 24.3 Å². The molecule has 3 rings (SSSR count). The Labute approximate surface area is 169 Å². The number of aryl methyl sites for hydroxylation is 2. The van der Waals surface area contributed by atoms with Crippen LogP contribution in [0.1, 0.15) is 30.0 Å². The van der Waals surface area contributed by atoms with Crippen molar-refractivity contribution in [2.45, 2.75) is 27.3 Å². The van der Waals surface area contributed by atoms with Crippen LogP contribution < -0.4 is 9.64 Å². The van der Waals surface area contributed by atoms with Gasteiger partial charge in [0.1, 0.15) is 11.4 Å². The third kappa shape index (κ3) is 4.34. The van der Waals surface area contributed by atoms with E-state index in [-0.39, 0.29) is 5.91 Å². The number of likely N-dealkylation sites (N-methyl/N-ethyl adjacent to an activating group) is 1. The van der Waals surface area contributed by atoms with Crippen molar-refractivity contribution < 1.29 is 9.53 Å². The van der Waals surface area contributed by atoms with Crippen molar-refractivity contribution in [2.75, 3.05) is 38.7 Å². The highest BCUT2D eigenvalue weighted by Crippen LogP contribution is 2.32. The van der Waals surface area contributed by atoms with Gasteiger partial charge in [-0.1, -0.05) is 11.3 Å². The molecule has 28 heavy (non-hydrogen) atoms. The van der Waals surface area contributed by atoms with Gasteiger partial charge in [0, 0.05) is 19.6 Å². The first-order valence-corrected chi connectivity index (χ1v) is 10.3. The predicted octanol–water partition coefficient (Wildman–Crippen LogP) is 3.43. The van der Waals surface area contributed by atoms with Gasteiger partial charge in [0.15, 0.2) is 5.13 Å². The third-order valence-electron chi connectivity index (χ3n) is 4.33. The first kappa shape index (κ1) is 20.3. The van der Waals surface area contributed by atoms with Crippen molar-refractivity contribution in [3.05, 3.63) is 35.7 Å². The first-order valence-electron chi connectivity index (χ1n) is 9.47. The zero-order valence-electron chi connectivity index (χ0n) is 17.1. The molecule has 0 bridgehead atoms. The number of fused-ring (bicyclic) bond motifs is 1. The molecule has 0 fully saturated rings. The average Bonchev–Trinajstić information content (AvgIpc) is 3.24. The maximum atomic E-state index is 13.4. The van der Waals surface area contributed by atoms with Crippen LogP contribution in [0.3, 0.4) is 0 Å². The smallest absolute Gasteiger partial charge is 0.278 e. The number of hydrogen-bond acceptors (Lipinski definition) is 6. The Morgan fingerprint density at radius 3 is 2.68 bits per heavy atom. The zero-order chi connectivity index (χ0) is 20.3. The van der Waals surface area contributed by atoms with Crippen LogP contribution in [-0.2, 0) is 6.54 Å². The average molecular weight is 402 g/mol. The summed E-state index contributed by atoms with van der Waals surface area (Å²) >= 11 is 1.51. The summed E-state index contributed by atoms with van der Waals surface area (Å²) in [4.78, 5) is 21.9. The molecule has 7 nitrogen and oxygen atoms in total. The van der Waals surface area contributed by atoms with Gasteiger partial charge >= 0.3 is 0 Å². The number of nitrogens with zero attached hydrogens (tertiary/aromatic N) is 5. The van der Waals surface area contributed by atoms with Crippen LogP contribution in [0.2, 0.25) is 0 Å². The lowest BCUT2D eigenvalue weighted by molar-refractivity contribution is 0.0975. The molecule has 2 heterocycles. The molecular weight excluding hydrogens is 374 g/mol. The van der Waals surface area contributed by atoms with E-state index in [1.807, 2.05) is 59.1 Å². The fourth-order valence-electron chi connectivity index (χ4n) is 2.95. The van der Waals surface area contributed by atoms with Crippen LogP contribution in [0, 0.1) is 6.92 Å². The molecule has 150 valence electrons. The molecule has 0 unspecified atom stereocenters. The molecule has 1 amide bonds. The highest BCUT2D eigenvalue weighted by molar-refractivity contribution is 7.22. The summed E-state index contributed by atoms with van der Waals surface area (Å²) in [5, 5.41) is 5.11. The lowest BCUT2D eigenvalue weighted by Crippen LogP contribution is -2.37. The van der Waals surface area contributed by atoms with Gasteiger partial charge in [0.25, 0.3) is 5.91 Å². The Hall–Kier alpha value is -2.45. The summed E-state index contributed by atoms with van der Waals surface area (Å²) in [6.07, 6.45) is 0. The summed E-state index contributed by atoms with van der Waals surface area (Å²) in [6.45, 7) is 8.41. The minimum Gasteiger partial charge on any atom is -0.494 e. The summed E-state index contributed by atoms with van der Waals surface area (Å²) in [5.74, 6) is 0.740. The van der Waals surface area contributed by atoms with Crippen molar-refractivity contribution >= 4 is 32.6 Å². The van der Waals surface area contributed by atoms with E-state index in [1.165, 1.54) is 11.3 Å². The van der Waals surface area contributed by atoms with Crippen molar-refractivity contribution in [3.63, 3.8) is 0 Å². The Kier molecular flexibility index (Phi) is 6.31. The van der Waals surface area contributed by atoms with Gasteiger partial charge in [-0.05, 0) is 59.1 Å². The number of anilines is 1. The van der Waals surface area contributed by atoms with E-state index in [4.69, 9.17) is 9.72 Å². The Balaban J connectivity index is 1.99. The molecule has 0 N–H and O–H groups in total. The number of carbonyl (C=O) groups excluding carboxylic acids is 1. The van der Waals surface area contributed by atoms with Crippen LogP contribution >= 0.6 is 11.3 Å². The van der Waals surface area contributed by atoms with Gasteiger partial charge in [-0.25, -0.2) is 4.98 Å². The minimum absolute atomic E-state index is 0.0756. The quantitative estimate of drug-likeness (QED) is 0.579. The number of thiazole rings is 1. The van der Waals surface area contributed by atoms with E-state index in [1.54, 1.807) is 9.58 Å². The first-order chi connectivity index (χ1) is 13.4. The largest absolute Gasteiger partial charge is 0.494 e. The molecule has 1 aromatic carbocycles. The van der Waals surface area contributed by atoms with E-state index in [0.717, 1.165) is 28.2 Å². The molecule has 0 saturated heterocycles. The molecule has 0 radical (unpaired) electrons. The lowest BCUT2D eigenvalue weighted by atomic mass is 10.3. The molecule has 8 heteroatoms. The minimum atomic E-state index is -0.0756. The Morgan fingerprint density at radius 2 is 2.00 bits per heavy atom. The molecule has 0 aliphatic heterocycles. The molecule has 2 aromatic heterocycles. The highest BCUT2D eigenvalue weighted by Gasteiger charge is 2.24. The van der Waals surface area contributed by atoms with E-state index in [9.17, 15) is 4.79 Å². The Morgan fingerprint density at radius 1 is 1.21 bits per heavy atom. The predicted molar refractivity (Wildman–Crippen MR) is 114 cm³/mol. The van der Waals surface area contributed by atoms with Crippen molar-refractivity contribution in [2.24, 2.45) is 0 Å². The number of amides is 1. The summed E-state index contributed by atoms with van der Waals surface area (Å²) < 4.78 is 8.35. The second-order valence-corrected chi connectivity index (χ2v) is 7.81. The molecule has 0 aliphatic rings. The van der Waals surface area contributed by atoms with Crippen LogP contribution in [0.4, 0.5) is 5.13 Å². The zero-order valence-corrected chi connectivity index (χ0v) is 17.9. The molecule has 0 saturated carbocycles. The third-order valence-corrected chi connectivity index (χ3v) is 5.37. The SMILES string of the molecule is CCOc1ccc2nc(N(CCN(C)C)C(=O)c3cc(C)nn3CC)sc2c1. The van der Waals surface area contributed by atoms with Crippen LogP contribution in [-0.4, -0.2) is 59.4 Å². The number of ether oxygens (including phenoxy) is 1. The van der Waals surface area contributed by atoms with Gasteiger partial charge in [0.05, 0.1) is 22.5 Å². The van der Waals surface area contributed by atoms with E-state index < -0.39 is 0 Å². The van der Waals surface area contributed by atoms with Gasteiger partial charge in [-0.2, -0.15) is 5.10 Å². The fraction of sp³-hybridized carbons (Fsp3) is 0.450. The summed E-state index contributed by atoms with van der Waals surface area (Å²) in [7, 11) is 3.99. The number of hydrogen-bond donors (Lipinski definition) is 0. The van der Waals surface area contributed by atoms with Gasteiger partial charge in [-0.15, -0.1) is 0 Å². The van der Waals surface area contributed by atoms with Crippen LogP contribution in [0.5, 0.6) is 5.75 Å². The normalized spacial score (nSPS) is 11.4. The van der Waals surface area contributed by atoms with Crippen molar-refractivity contribution in [1.29, 1.82) is 0 Å². The number of carbonyl (C=O) groups is 1. The van der Waals surface area contributed by atoms with Crippen molar-refractivity contribution in [3.8, 4) is 5.75 Å². The number of rotatable bonds is 8. The molecule has 0 atom stereocenters. The maximum Gasteiger partial charge on any atom is 0.278 e. The number of aromatic nitrogens is 3. The standard InChI is InChI=1S/C20H27N5O2S/c1-6-25-17(12-14(3)22-25)19(26)24(11-10-23(4)5)20-21-16-9-8-15(27-7-2)13-18(16)28-20/h8-9,12-13H,6-7,10-11H2,1-5H3. The lowest BCUT2D eigenvalue weighted by Gasteiger charge is -2.22. The molecule has 0 aliphatic carbocycles. The molecular formula is C20H27N5O2S. The molecule has 0 spiro atoms. The van der Waals surface area contributed by atoms with Gasteiger partial charge < -0.3 is 9.64 Å². The second kappa shape index (κ2) is 8.70. The second-order valence-electron chi connectivity index (χ2n) is 6.81. The monoisotopic (exact) mass is 401 g/mol.